The highest BCUT2D eigenvalue weighted by Gasteiger charge is 2.16. The number of aliphatic hydroxyl groups excluding tert-OH is 1. The van der Waals surface area contributed by atoms with Gasteiger partial charge in [-0.15, -0.1) is 0 Å². The van der Waals surface area contributed by atoms with E-state index >= 15 is 0 Å². The smallest absolute Gasteiger partial charge is 0.344 e. The fourth-order valence-electron chi connectivity index (χ4n) is 2.30. The first-order valence-corrected chi connectivity index (χ1v) is 7.18. The predicted molar refractivity (Wildman–Crippen MR) is 69.5 cm³/mol. The molecule has 0 aromatic heterocycles. The minimum atomic E-state index is -0.803. The summed E-state index contributed by atoms with van der Waals surface area (Å²) in [6.45, 7) is -1.12. The van der Waals surface area contributed by atoms with Crippen LogP contribution in [0.5, 0.6) is 0 Å². The van der Waals surface area contributed by atoms with Gasteiger partial charge in [0.15, 0.2) is 6.61 Å². The van der Waals surface area contributed by atoms with Crippen molar-refractivity contribution in [1.82, 2.24) is 0 Å². The molecule has 1 saturated carbocycles. The number of hydrogen-bond acceptors (Lipinski definition) is 5. The summed E-state index contributed by atoms with van der Waals surface area (Å²) in [4.78, 5) is 22.2. The Hall–Kier alpha value is -1.10. The van der Waals surface area contributed by atoms with Crippen LogP contribution in [0.1, 0.15) is 57.8 Å². The third-order valence-corrected chi connectivity index (χ3v) is 3.33. The molecule has 0 spiro atoms. The molecule has 1 aliphatic rings. The Bertz CT molecular complexity index is 267. The van der Waals surface area contributed by atoms with Crippen molar-refractivity contribution in [2.75, 3.05) is 13.2 Å². The first-order valence-electron chi connectivity index (χ1n) is 7.18. The van der Waals surface area contributed by atoms with Crippen molar-refractivity contribution in [2.24, 2.45) is 0 Å². The summed E-state index contributed by atoms with van der Waals surface area (Å²) >= 11 is 0. The Morgan fingerprint density at radius 1 is 0.895 bits per heavy atom. The molecule has 0 radical (unpaired) electrons. The van der Waals surface area contributed by atoms with Crippen molar-refractivity contribution in [1.29, 1.82) is 0 Å². The van der Waals surface area contributed by atoms with Gasteiger partial charge in [0, 0.05) is 0 Å². The fraction of sp³-hybridized carbons (Fsp3) is 0.857. The van der Waals surface area contributed by atoms with E-state index in [1.165, 1.54) is 32.1 Å². The van der Waals surface area contributed by atoms with Crippen LogP contribution in [0.2, 0.25) is 0 Å². The molecule has 1 N–H and O–H groups in total. The summed E-state index contributed by atoms with van der Waals surface area (Å²) in [5, 5.41) is 8.47. The molecule has 0 aromatic carbocycles. The number of rotatable bonds is 4. The highest BCUT2D eigenvalue weighted by Crippen LogP contribution is 2.19. The molecule has 5 nitrogen and oxygen atoms in total. The summed E-state index contributed by atoms with van der Waals surface area (Å²) in [7, 11) is 0. The molecule has 19 heavy (non-hydrogen) atoms. The van der Waals surface area contributed by atoms with Crippen LogP contribution in [0.25, 0.3) is 0 Å². The van der Waals surface area contributed by atoms with Crippen molar-refractivity contribution in [3.8, 4) is 0 Å². The van der Waals surface area contributed by atoms with Gasteiger partial charge in [-0.2, -0.15) is 0 Å². The van der Waals surface area contributed by atoms with Gasteiger partial charge in [-0.25, -0.2) is 9.59 Å². The van der Waals surface area contributed by atoms with Crippen LogP contribution in [-0.4, -0.2) is 36.4 Å². The lowest BCUT2D eigenvalue weighted by Crippen LogP contribution is -2.24. The molecule has 5 heteroatoms. The third kappa shape index (κ3) is 7.82. The zero-order valence-corrected chi connectivity index (χ0v) is 11.4. The van der Waals surface area contributed by atoms with E-state index in [2.05, 4.69) is 4.74 Å². The number of ether oxygens (including phenoxy) is 2. The van der Waals surface area contributed by atoms with Gasteiger partial charge in [-0.05, 0) is 25.7 Å². The zero-order valence-electron chi connectivity index (χ0n) is 11.4. The summed E-state index contributed by atoms with van der Waals surface area (Å²) in [5.74, 6) is -1.33. The number of hydrogen-bond donors (Lipinski definition) is 1. The standard InChI is InChI=1S/C14H24O5/c15-10-13(16)18-11-14(17)19-12-8-6-4-2-1-3-5-7-9-12/h12,15H,1-11H2. The molecule has 0 aromatic rings. The van der Waals surface area contributed by atoms with Crippen molar-refractivity contribution in [3.05, 3.63) is 0 Å². The van der Waals surface area contributed by atoms with Crippen molar-refractivity contribution >= 4 is 11.9 Å². The van der Waals surface area contributed by atoms with E-state index in [0.29, 0.717) is 0 Å². The van der Waals surface area contributed by atoms with Crippen molar-refractivity contribution in [3.63, 3.8) is 0 Å². The fourth-order valence-corrected chi connectivity index (χ4v) is 2.30. The zero-order chi connectivity index (χ0) is 13.9. The van der Waals surface area contributed by atoms with E-state index in [0.717, 1.165) is 25.7 Å². The Morgan fingerprint density at radius 2 is 1.42 bits per heavy atom. The number of aliphatic hydroxyl groups is 1. The second-order valence-electron chi connectivity index (χ2n) is 4.98. The minimum Gasteiger partial charge on any atom is -0.460 e. The summed E-state index contributed by atoms with van der Waals surface area (Å²) < 4.78 is 9.85. The number of esters is 2. The Labute approximate surface area is 114 Å². The van der Waals surface area contributed by atoms with E-state index < -0.39 is 25.2 Å². The molecule has 1 aliphatic carbocycles. The molecule has 0 unspecified atom stereocenters. The van der Waals surface area contributed by atoms with Crippen LogP contribution in [0.3, 0.4) is 0 Å². The van der Waals surface area contributed by atoms with E-state index in [1.807, 2.05) is 0 Å². The van der Waals surface area contributed by atoms with E-state index in [9.17, 15) is 9.59 Å². The molecule has 1 fully saturated rings. The van der Waals surface area contributed by atoms with Gasteiger partial charge in [0.25, 0.3) is 0 Å². The molecule has 0 heterocycles. The van der Waals surface area contributed by atoms with E-state index in [4.69, 9.17) is 9.84 Å². The average molecular weight is 272 g/mol. The Kier molecular flexibility index (Phi) is 8.21. The van der Waals surface area contributed by atoms with Crippen molar-refractivity contribution < 1.29 is 24.2 Å². The predicted octanol–water partition coefficient (Wildman–Crippen LogP) is 1.96. The average Bonchev–Trinajstić information content (AvgIpc) is 2.43. The van der Waals surface area contributed by atoms with E-state index in [-0.39, 0.29) is 6.10 Å². The summed E-state index contributed by atoms with van der Waals surface area (Å²) in [5.41, 5.74) is 0. The van der Waals surface area contributed by atoms with Crippen LogP contribution in [0.4, 0.5) is 0 Å². The maximum Gasteiger partial charge on any atom is 0.344 e. The van der Waals surface area contributed by atoms with Gasteiger partial charge < -0.3 is 14.6 Å². The maximum atomic E-state index is 11.5. The molecule has 1 rings (SSSR count). The largest absolute Gasteiger partial charge is 0.460 e. The Balaban J connectivity index is 2.26. The second kappa shape index (κ2) is 9.78. The van der Waals surface area contributed by atoms with Crippen LogP contribution in [0, 0.1) is 0 Å². The topological polar surface area (TPSA) is 72.8 Å². The minimum absolute atomic E-state index is 0.0570. The molecule has 0 atom stereocenters. The first kappa shape index (κ1) is 16.0. The molecule has 0 bridgehead atoms. The first-order chi connectivity index (χ1) is 9.22. The van der Waals surface area contributed by atoms with Gasteiger partial charge in [0.1, 0.15) is 12.7 Å². The lowest BCUT2D eigenvalue weighted by Gasteiger charge is -2.19. The summed E-state index contributed by atoms with van der Waals surface area (Å²) in [6.07, 6.45) is 10.1. The summed E-state index contributed by atoms with van der Waals surface area (Å²) in [6, 6.07) is 0. The van der Waals surface area contributed by atoms with Gasteiger partial charge >= 0.3 is 11.9 Å². The van der Waals surface area contributed by atoms with Crippen LogP contribution >= 0.6 is 0 Å². The van der Waals surface area contributed by atoms with Gasteiger partial charge in [-0.1, -0.05) is 32.1 Å². The molecular weight excluding hydrogens is 248 g/mol. The van der Waals surface area contributed by atoms with Gasteiger partial charge in [-0.3, -0.25) is 0 Å². The normalized spacial score (nSPS) is 18.6. The molecule has 110 valence electrons. The van der Waals surface area contributed by atoms with Crippen LogP contribution < -0.4 is 0 Å². The second-order valence-corrected chi connectivity index (χ2v) is 4.98. The number of carbonyl (C=O) groups is 2. The third-order valence-electron chi connectivity index (χ3n) is 3.33. The highest BCUT2D eigenvalue weighted by atomic mass is 16.6. The lowest BCUT2D eigenvalue weighted by atomic mass is 9.99. The molecule has 0 amide bonds. The van der Waals surface area contributed by atoms with Crippen LogP contribution in [-0.2, 0) is 19.1 Å². The molecule has 0 saturated heterocycles. The molecular formula is C14H24O5. The van der Waals surface area contributed by atoms with Gasteiger partial charge in [0.2, 0.25) is 0 Å². The Morgan fingerprint density at radius 3 is 1.95 bits per heavy atom. The number of carbonyl (C=O) groups excluding carboxylic acids is 2. The highest BCUT2D eigenvalue weighted by molar-refractivity contribution is 5.76. The quantitative estimate of drug-likeness (QED) is 0.792. The lowest BCUT2D eigenvalue weighted by molar-refractivity contribution is -0.164. The van der Waals surface area contributed by atoms with Gasteiger partial charge in [0.05, 0.1) is 0 Å². The maximum absolute atomic E-state index is 11.5. The van der Waals surface area contributed by atoms with E-state index in [1.54, 1.807) is 0 Å². The SMILES string of the molecule is O=C(CO)OCC(=O)OC1CCCCCCCCC1. The van der Waals surface area contributed by atoms with Crippen LogP contribution in [0.15, 0.2) is 0 Å². The van der Waals surface area contributed by atoms with Crippen molar-refractivity contribution in [2.45, 2.75) is 63.9 Å². The monoisotopic (exact) mass is 272 g/mol. The molecule has 0 aliphatic heterocycles.